The normalized spacial score (nSPS) is 14.1. The Labute approximate surface area is 238 Å². The molecule has 214 valence electrons. The van der Waals surface area contributed by atoms with Crippen LogP contribution in [0.1, 0.15) is 37.4 Å². The number of aromatic nitrogens is 1. The lowest BCUT2D eigenvalue weighted by Gasteiger charge is -2.34. The molecule has 0 aliphatic carbocycles. The van der Waals surface area contributed by atoms with E-state index in [1.54, 1.807) is 58.1 Å². The average molecular weight is 574 g/mol. The summed E-state index contributed by atoms with van der Waals surface area (Å²) in [6.07, 6.45) is -1.74. The minimum atomic E-state index is -4.50. The fourth-order valence-corrected chi connectivity index (χ4v) is 5.38. The summed E-state index contributed by atoms with van der Waals surface area (Å²) in [7, 11) is 0. The van der Waals surface area contributed by atoms with Gasteiger partial charge in [0.05, 0.1) is 22.0 Å². The number of carbonyl (C=O) groups is 2. The molecule has 0 spiro atoms. The highest BCUT2D eigenvalue weighted by molar-refractivity contribution is 6.07. The van der Waals surface area contributed by atoms with Crippen molar-refractivity contribution >= 4 is 33.7 Å². The van der Waals surface area contributed by atoms with Crippen LogP contribution in [0.4, 0.5) is 13.2 Å². The first-order valence-corrected chi connectivity index (χ1v) is 13.4. The molecule has 6 rings (SSSR count). The summed E-state index contributed by atoms with van der Waals surface area (Å²) in [5.74, 6) is -0.753. The minimum absolute atomic E-state index is 0.0605. The third kappa shape index (κ3) is 4.72. The monoisotopic (exact) mass is 573 g/mol. The molecule has 42 heavy (non-hydrogen) atoms. The molecular weight excluding hydrogens is 547 g/mol. The lowest BCUT2D eigenvalue weighted by molar-refractivity contribution is -0.137. The number of fused-ring (bicyclic) bond motifs is 2. The van der Waals surface area contributed by atoms with Gasteiger partial charge in [0.15, 0.2) is 0 Å². The van der Waals surface area contributed by atoms with Crippen molar-refractivity contribution in [2.24, 2.45) is 0 Å². The van der Waals surface area contributed by atoms with E-state index in [-0.39, 0.29) is 43.3 Å². The van der Waals surface area contributed by atoms with Crippen molar-refractivity contribution in [3.05, 3.63) is 111 Å². The van der Waals surface area contributed by atoms with Crippen molar-refractivity contribution in [3.8, 4) is 5.69 Å². The number of carbonyl (C=O) groups excluding carboxylic acids is 2. The summed E-state index contributed by atoms with van der Waals surface area (Å²) in [6.45, 7) is 4.67. The third-order valence-corrected chi connectivity index (χ3v) is 7.87. The zero-order valence-electron chi connectivity index (χ0n) is 22.9. The van der Waals surface area contributed by atoms with Crippen LogP contribution in [-0.4, -0.2) is 52.4 Å². The molecule has 0 N–H and O–H groups in total. The average Bonchev–Trinajstić information content (AvgIpc) is 3.37. The van der Waals surface area contributed by atoms with Crippen LogP contribution in [0.15, 0.2) is 82.3 Å². The van der Waals surface area contributed by atoms with Crippen LogP contribution < -0.4 is 5.43 Å². The number of para-hydroxylation sites is 1. The second kappa shape index (κ2) is 10.2. The van der Waals surface area contributed by atoms with Gasteiger partial charge in [-0.2, -0.15) is 13.2 Å². The second-order valence-corrected chi connectivity index (χ2v) is 10.5. The van der Waals surface area contributed by atoms with Gasteiger partial charge in [0.1, 0.15) is 17.4 Å². The summed E-state index contributed by atoms with van der Waals surface area (Å²) in [4.78, 5) is 43.2. The fraction of sp³-hybridized carbons (Fsp3) is 0.219. The number of nitrogens with zero attached hydrogens (tertiary/aromatic N) is 3. The van der Waals surface area contributed by atoms with Gasteiger partial charge in [-0.1, -0.05) is 24.3 Å². The van der Waals surface area contributed by atoms with Gasteiger partial charge in [-0.15, -0.1) is 0 Å². The van der Waals surface area contributed by atoms with Crippen LogP contribution >= 0.6 is 0 Å². The van der Waals surface area contributed by atoms with E-state index in [0.29, 0.717) is 27.4 Å². The lowest BCUT2D eigenvalue weighted by Crippen LogP contribution is -2.51. The van der Waals surface area contributed by atoms with Gasteiger partial charge < -0.3 is 18.8 Å². The Balaban J connectivity index is 1.24. The van der Waals surface area contributed by atoms with Gasteiger partial charge in [0.25, 0.3) is 11.8 Å². The largest absolute Gasteiger partial charge is 0.463 e. The summed E-state index contributed by atoms with van der Waals surface area (Å²) in [5, 5.41) is 0.952. The lowest BCUT2D eigenvalue weighted by atomic mass is 10.1. The Morgan fingerprint density at radius 3 is 2.12 bits per heavy atom. The predicted octanol–water partition coefficient (Wildman–Crippen LogP) is 5.97. The molecule has 0 radical (unpaired) electrons. The minimum Gasteiger partial charge on any atom is -0.463 e. The Hall–Kier alpha value is -4.86. The maximum Gasteiger partial charge on any atom is 0.416 e. The Bertz CT molecular complexity index is 1930. The van der Waals surface area contributed by atoms with E-state index in [4.69, 9.17) is 4.42 Å². The first-order valence-electron chi connectivity index (χ1n) is 13.4. The highest BCUT2D eigenvalue weighted by Gasteiger charge is 2.32. The molecule has 2 aromatic heterocycles. The van der Waals surface area contributed by atoms with Gasteiger partial charge >= 0.3 is 6.18 Å². The number of aryl methyl sites for hydroxylation is 2. The van der Waals surface area contributed by atoms with Crippen molar-refractivity contribution in [3.63, 3.8) is 0 Å². The topological polar surface area (TPSA) is 75.8 Å². The van der Waals surface area contributed by atoms with Crippen molar-refractivity contribution in [1.29, 1.82) is 0 Å². The Morgan fingerprint density at radius 2 is 1.43 bits per heavy atom. The first kappa shape index (κ1) is 27.3. The molecule has 2 amide bonds. The van der Waals surface area contributed by atoms with E-state index in [2.05, 4.69) is 0 Å². The number of hydrogen-bond donors (Lipinski definition) is 0. The highest BCUT2D eigenvalue weighted by Crippen LogP contribution is 2.32. The van der Waals surface area contributed by atoms with E-state index in [1.165, 1.54) is 17.2 Å². The molecule has 1 aliphatic rings. The van der Waals surface area contributed by atoms with Crippen LogP contribution in [0.3, 0.4) is 0 Å². The molecule has 0 atom stereocenters. The number of alkyl halides is 3. The highest BCUT2D eigenvalue weighted by atomic mass is 19.4. The summed E-state index contributed by atoms with van der Waals surface area (Å²) >= 11 is 0. The molecule has 0 bridgehead atoms. The molecule has 3 heterocycles. The molecule has 3 aromatic carbocycles. The van der Waals surface area contributed by atoms with Crippen LogP contribution in [0.2, 0.25) is 0 Å². The van der Waals surface area contributed by atoms with Crippen LogP contribution in [0.25, 0.3) is 27.6 Å². The maximum absolute atomic E-state index is 13.7. The molecule has 1 fully saturated rings. The SMILES string of the molecule is Cc1cc2occ(C(=O)N3CCN(C(=O)c4cn(-c5cccc(C(F)(F)F)c5)c5ccccc45)CC3)c(=O)c2cc1C. The number of hydrogen-bond acceptors (Lipinski definition) is 4. The zero-order valence-corrected chi connectivity index (χ0v) is 22.9. The van der Waals surface area contributed by atoms with E-state index in [0.717, 1.165) is 23.3 Å². The number of halogens is 3. The van der Waals surface area contributed by atoms with Crippen LogP contribution in [0, 0.1) is 13.8 Å². The van der Waals surface area contributed by atoms with Gasteiger partial charge in [-0.05, 0) is 61.4 Å². The Kier molecular flexibility index (Phi) is 6.64. The molecule has 0 saturated carbocycles. The van der Waals surface area contributed by atoms with Gasteiger partial charge in [-0.25, -0.2) is 0 Å². The smallest absolute Gasteiger partial charge is 0.416 e. The molecule has 1 aliphatic heterocycles. The van der Waals surface area contributed by atoms with Crippen molar-refractivity contribution in [1.82, 2.24) is 14.4 Å². The Morgan fingerprint density at radius 1 is 0.786 bits per heavy atom. The predicted molar refractivity (Wildman–Crippen MR) is 152 cm³/mol. The molecule has 5 aromatic rings. The van der Waals surface area contributed by atoms with Crippen molar-refractivity contribution in [2.45, 2.75) is 20.0 Å². The summed E-state index contributed by atoms with van der Waals surface area (Å²) < 4.78 is 47.3. The molecule has 10 heteroatoms. The zero-order chi connectivity index (χ0) is 29.8. The van der Waals surface area contributed by atoms with Gasteiger partial charge in [-0.3, -0.25) is 14.4 Å². The molecule has 7 nitrogen and oxygen atoms in total. The fourth-order valence-electron chi connectivity index (χ4n) is 5.38. The van der Waals surface area contributed by atoms with Gasteiger partial charge in [0.2, 0.25) is 5.43 Å². The second-order valence-electron chi connectivity index (χ2n) is 10.5. The van der Waals surface area contributed by atoms with Crippen LogP contribution in [0.5, 0.6) is 0 Å². The summed E-state index contributed by atoms with van der Waals surface area (Å²) in [6, 6.07) is 15.5. The van der Waals surface area contributed by atoms with Crippen LogP contribution in [-0.2, 0) is 6.18 Å². The van der Waals surface area contributed by atoms with Gasteiger partial charge in [0, 0.05) is 43.4 Å². The quantitative estimate of drug-likeness (QED) is 0.267. The molecule has 1 saturated heterocycles. The first-order chi connectivity index (χ1) is 20.0. The van der Waals surface area contributed by atoms with E-state index in [1.807, 2.05) is 13.8 Å². The number of amides is 2. The number of rotatable bonds is 3. The van der Waals surface area contributed by atoms with E-state index < -0.39 is 23.1 Å². The number of piperazine rings is 1. The van der Waals surface area contributed by atoms with Crippen molar-refractivity contribution in [2.75, 3.05) is 26.2 Å². The standard InChI is InChI=1S/C32H26F3N3O4/c1-19-14-24-28(15-20(19)2)42-18-26(29(24)39)31(41)37-12-10-36(11-13-37)30(40)25-17-38(27-9-4-3-8-23(25)27)22-7-5-6-21(16-22)32(33,34)35/h3-9,14-18H,10-13H2,1-2H3. The maximum atomic E-state index is 13.7. The molecular formula is C32H26F3N3O4. The van der Waals surface area contributed by atoms with E-state index >= 15 is 0 Å². The van der Waals surface area contributed by atoms with E-state index in [9.17, 15) is 27.6 Å². The molecule has 0 unspecified atom stereocenters. The summed E-state index contributed by atoms with van der Waals surface area (Å²) in [5.41, 5.74) is 2.31. The number of benzene rings is 3. The van der Waals surface area contributed by atoms with Crippen molar-refractivity contribution < 1.29 is 27.2 Å². The third-order valence-electron chi connectivity index (χ3n) is 7.87.